The molecule has 0 fully saturated rings. The van der Waals surface area contributed by atoms with Gasteiger partial charge in [0, 0.05) is 23.9 Å². The van der Waals surface area contributed by atoms with Crippen molar-refractivity contribution in [1.82, 2.24) is 10.3 Å². The Morgan fingerprint density at radius 1 is 1.33 bits per heavy atom. The Morgan fingerprint density at radius 3 is 2.61 bits per heavy atom. The molecule has 96 valence electrons. The van der Waals surface area contributed by atoms with Gasteiger partial charge in [-0.15, -0.1) is 11.3 Å². The molecule has 0 radical (unpaired) electrons. The fourth-order valence-corrected chi connectivity index (χ4v) is 4.98. The maximum absolute atomic E-state index is 4.45. The summed E-state index contributed by atoms with van der Waals surface area (Å²) in [5.74, 6) is 0.314. The third-order valence-electron chi connectivity index (χ3n) is 2.98. The SMILES string of the molecule is CNC(c1cc(Br)sc1Br)C(C)c1ccccn1. The van der Waals surface area contributed by atoms with E-state index in [1.165, 1.54) is 5.56 Å². The average molecular weight is 390 g/mol. The van der Waals surface area contributed by atoms with Crippen molar-refractivity contribution >= 4 is 43.2 Å². The standard InChI is InChI=1S/C13H14Br2N2S/c1-8(10-5-3-4-6-17-10)12(16-2)9-7-11(14)18-13(9)15/h3-8,12,16H,1-2H3. The van der Waals surface area contributed by atoms with Gasteiger partial charge in [-0.25, -0.2) is 0 Å². The fourth-order valence-electron chi connectivity index (χ4n) is 2.06. The highest BCUT2D eigenvalue weighted by Gasteiger charge is 2.23. The second-order valence-electron chi connectivity index (χ2n) is 4.09. The van der Waals surface area contributed by atoms with Crippen molar-refractivity contribution in [2.24, 2.45) is 0 Å². The quantitative estimate of drug-likeness (QED) is 0.817. The van der Waals surface area contributed by atoms with E-state index in [1.807, 2.05) is 25.4 Å². The molecular weight excluding hydrogens is 376 g/mol. The summed E-state index contributed by atoms with van der Waals surface area (Å²) in [5, 5.41) is 3.39. The number of rotatable bonds is 4. The first kappa shape index (κ1) is 14.2. The summed E-state index contributed by atoms with van der Waals surface area (Å²) in [6, 6.07) is 8.46. The number of thiophene rings is 1. The van der Waals surface area contributed by atoms with Crippen LogP contribution in [-0.4, -0.2) is 12.0 Å². The number of nitrogens with one attached hydrogen (secondary N) is 1. The van der Waals surface area contributed by atoms with Crippen LogP contribution in [-0.2, 0) is 0 Å². The molecular formula is C13H14Br2N2S. The van der Waals surface area contributed by atoms with Gasteiger partial charge in [0.2, 0.25) is 0 Å². The summed E-state index contributed by atoms with van der Waals surface area (Å²) in [7, 11) is 1.99. The number of hydrogen-bond donors (Lipinski definition) is 1. The van der Waals surface area contributed by atoms with E-state index in [2.05, 4.69) is 61.2 Å². The lowest BCUT2D eigenvalue weighted by Crippen LogP contribution is -2.22. The Kier molecular flexibility index (Phi) is 4.95. The van der Waals surface area contributed by atoms with Gasteiger partial charge in [-0.1, -0.05) is 13.0 Å². The molecule has 0 aliphatic carbocycles. The van der Waals surface area contributed by atoms with E-state index >= 15 is 0 Å². The van der Waals surface area contributed by atoms with Crippen molar-refractivity contribution in [1.29, 1.82) is 0 Å². The van der Waals surface area contributed by atoms with Gasteiger partial charge in [-0.05, 0) is 62.7 Å². The van der Waals surface area contributed by atoms with E-state index in [-0.39, 0.29) is 6.04 Å². The molecule has 2 aromatic heterocycles. The number of pyridine rings is 1. The lowest BCUT2D eigenvalue weighted by atomic mass is 9.93. The van der Waals surface area contributed by atoms with Gasteiger partial charge in [-0.2, -0.15) is 0 Å². The van der Waals surface area contributed by atoms with Crippen LogP contribution in [0.5, 0.6) is 0 Å². The monoisotopic (exact) mass is 388 g/mol. The lowest BCUT2D eigenvalue weighted by molar-refractivity contribution is 0.499. The van der Waals surface area contributed by atoms with Crippen LogP contribution in [0.1, 0.15) is 30.1 Å². The molecule has 2 nitrogen and oxygen atoms in total. The number of halogens is 2. The van der Waals surface area contributed by atoms with E-state index in [9.17, 15) is 0 Å². The first-order valence-corrected chi connectivity index (χ1v) is 8.06. The molecule has 0 amide bonds. The van der Waals surface area contributed by atoms with Crippen LogP contribution in [0.4, 0.5) is 0 Å². The molecule has 5 heteroatoms. The zero-order valence-electron chi connectivity index (χ0n) is 10.2. The molecule has 18 heavy (non-hydrogen) atoms. The number of nitrogens with zero attached hydrogens (tertiary/aromatic N) is 1. The minimum atomic E-state index is 0.247. The molecule has 0 aliphatic heterocycles. The molecule has 2 heterocycles. The van der Waals surface area contributed by atoms with Crippen LogP contribution in [0.2, 0.25) is 0 Å². The van der Waals surface area contributed by atoms with Gasteiger partial charge in [-0.3, -0.25) is 4.98 Å². The van der Waals surface area contributed by atoms with Crippen LogP contribution in [0.25, 0.3) is 0 Å². The maximum atomic E-state index is 4.45. The van der Waals surface area contributed by atoms with E-state index in [0.717, 1.165) is 13.3 Å². The second kappa shape index (κ2) is 6.28. The van der Waals surface area contributed by atoms with E-state index in [4.69, 9.17) is 0 Å². The van der Waals surface area contributed by atoms with Gasteiger partial charge in [0.15, 0.2) is 0 Å². The smallest absolute Gasteiger partial charge is 0.0758 e. The maximum Gasteiger partial charge on any atom is 0.0758 e. The van der Waals surface area contributed by atoms with Gasteiger partial charge in [0.1, 0.15) is 0 Å². The number of aromatic nitrogens is 1. The molecule has 0 aliphatic rings. The molecule has 0 bridgehead atoms. The summed E-state index contributed by atoms with van der Waals surface area (Å²) in [4.78, 5) is 4.45. The summed E-state index contributed by atoms with van der Waals surface area (Å²) in [6.45, 7) is 2.20. The van der Waals surface area contributed by atoms with E-state index < -0.39 is 0 Å². The fraction of sp³-hybridized carbons (Fsp3) is 0.308. The van der Waals surface area contributed by atoms with Crippen LogP contribution in [0, 0.1) is 0 Å². The van der Waals surface area contributed by atoms with Crippen LogP contribution < -0.4 is 5.32 Å². The summed E-state index contributed by atoms with van der Waals surface area (Å²) in [5.41, 5.74) is 2.37. The van der Waals surface area contributed by atoms with Gasteiger partial charge in [0.25, 0.3) is 0 Å². The Balaban J connectivity index is 2.32. The average Bonchev–Trinajstić information content (AvgIpc) is 2.70. The molecule has 0 spiro atoms. The summed E-state index contributed by atoms with van der Waals surface area (Å²) in [6.07, 6.45) is 1.84. The second-order valence-corrected chi connectivity index (χ2v) is 7.84. The van der Waals surface area contributed by atoms with Crippen molar-refractivity contribution in [2.75, 3.05) is 7.05 Å². The zero-order chi connectivity index (χ0) is 13.1. The third kappa shape index (κ3) is 3.02. The molecule has 2 unspecified atom stereocenters. The Morgan fingerprint density at radius 2 is 2.11 bits per heavy atom. The highest BCUT2D eigenvalue weighted by molar-refractivity contribution is 9.12. The molecule has 0 saturated carbocycles. The van der Waals surface area contributed by atoms with Gasteiger partial charge >= 0.3 is 0 Å². The van der Waals surface area contributed by atoms with Gasteiger partial charge in [0.05, 0.1) is 7.57 Å². The van der Waals surface area contributed by atoms with E-state index in [0.29, 0.717) is 5.92 Å². The van der Waals surface area contributed by atoms with Crippen molar-refractivity contribution in [3.05, 3.63) is 49.3 Å². The van der Waals surface area contributed by atoms with Gasteiger partial charge < -0.3 is 5.32 Å². The van der Waals surface area contributed by atoms with Crippen LogP contribution in [0.15, 0.2) is 38.0 Å². The number of hydrogen-bond acceptors (Lipinski definition) is 3. The number of likely N-dealkylation sites (N-methyl/N-ethyl adjacent to an activating group) is 1. The van der Waals surface area contributed by atoms with Crippen molar-refractivity contribution in [2.45, 2.75) is 18.9 Å². The normalized spacial score (nSPS) is 14.4. The van der Waals surface area contributed by atoms with Crippen molar-refractivity contribution < 1.29 is 0 Å². The molecule has 2 aromatic rings. The molecule has 2 atom stereocenters. The van der Waals surface area contributed by atoms with Crippen LogP contribution in [0.3, 0.4) is 0 Å². The largest absolute Gasteiger partial charge is 0.312 e. The van der Waals surface area contributed by atoms with E-state index in [1.54, 1.807) is 11.3 Å². The summed E-state index contributed by atoms with van der Waals surface area (Å²) >= 11 is 8.86. The highest BCUT2D eigenvalue weighted by Crippen LogP contribution is 2.40. The minimum Gasteiger partial charge on any atom is -0.312 e. The highest BCUT2D eigenvalue weighted by atomic mass is 79.9. The Bertz CT molecular complexity index is 513. The first-order chi connectivity index (χ1) is 8.63. The first-order valence-electron chi connectivity index (χ1n) is 5.66. The topological polar surface area (TPSA) is 24.9 Å². The Labute approximate surface area is 128 Å². The molecule has 2 rings (SSSR count). The third-order valence-corrected chi connectivity index (χ3v) is 5.37. The predicted molar refractivity (Wildman–Crippen MR) is 84.2 cm³/mol. The molecule has 0 saturated heterocycles. The summed E-state index contributed by atoms with van der Waals surface area (Å²) < 4.78 is 2.30. The van der Waals surface area contributed by atoms with Crippen molar-refractivity contribution in [3.63, 3.8) is 0 Å². The van der Waals surface area contributed by atoms with Crippen LogP contribution >= 0.6 is 43.2 Å². The zero-order valence-corrected chi connectivity index (χ0v) is 14.1. The lowest BCUT2D eigenvalue weighted by Gasteiger charge is -2.23. The van der Waals surface area contributed by atoms with Crippen molar-refractivity contribution in [3.8, 4) is 0 Å². The minimum absolute atomic E-state index is 0.247. The molecule has 0 aromatic carbocycles. The predicted octanol–water partition coefficient (Wildman–Crippen LogP) is 4.73. The Hall–Kier alpha value is -0.230. The molecule has 1 N–H and O–H groups in total.